The largest absolute Gasteiger partial charge is 0.390 e. The predicted octanol–water partition coefficient (Wildman–Crippen LogP) is 2.80. The lowest BCUT2D eigenvalue weighted by atomic mass is 9.88. The third-order valence-electron chi connectivity index (χ3n) is 3.91. The molecule has 0 spiro atoms. The van der Waals surface area contributed by atoms with Crippen LogP contribution in [0.2, 0.25) is 0 Å². The van der Waals surface area contributed by atoms with Crippen LogP contribution in [0.3, 0.4) is 0 Å². The van der Waals surface area contributed by atoms with Gasteiger partial charge in [0.2, 0.25) is 0 Å². The van der Waals surface area contributed by atoms with E-state index >= 15 is 0 Å². The summed E-state index contributed by atoms with van der Waals surface area (Å²) >= 11 is 0. The molecule has 0 unspecified atom stereocenters. The van der Waals surface area contributed by atoms with E-state index in [0.717, 1.165) is 19.3 Å². The van der Waals surface area contributed by atoms with Crippen molar-refractivity contribution in [1.82, 2.24) is 0 Å². The molecule has 0 bridgehead atoms. The standard InChI is InChI=1S/C15H28O3/c1-6-14(4)11-8-12(18-14)15(5,17)10-7-9-13(2,3)16/h6,12,16-17H,1,7-11H2,2-5H3/t12-,14-,15+/m0/s1. The van der Waals surface area contributed by atoms with Gasteiger partial charge in [-0.3, -0.25) is 0 Å². The zero-order valence-electron chi connectivity index (χ0n) is 12.2. The van der Waals surface area contributed by atoms with Crippen molar-refractivity contribution in [3.05, 3.63) is 12.7 Å². The summed E-state index contributed by atoms with van der Waals surface area (Å²) in [4.78, 5) is 0. The van der Waals surface area contributed by atoms with Gasteiger partial charge >= 0.3 is 0 Å². The fraction of sp³-hybridized carbons (Fsp3) is 0.867. The molecule has 0 radical (unpaired) electrons. The topological polar surface area (TPSA) is 49.7 Å². The van der Waals surface area contributed by atoms with E-state index in [9.17, 15) is 10.2 Å². The smallest absolute Gasteiger partial charge is 0.0880 e. The fourth-order valence-corrected chi connectivity index (χ4v) is 2.49. The molecule has 1 aliphatic heterocycles. The first-order chi connectivity index (χ1) is 8.08. The average Bonchev–Trinajstić information content (AvgIpc) is 2.60. The molecule has 0 saturated carbocycles. The molecule has 18 heavy (non-hydrogen) atoms. The van der Waals surface area contributed by atoms with E-state index < -0.39 is 11.2 Å². The van der Waals surface area contributed by atoms with Crippen LogP contribution in [0.4, 0.5) is 0 Å². The lowest BCUT2D eigenvalue weighted by Crippen LogP contribution is -2.41. The SMILES string of the molecule is C=C[C@@]1(C)CC[C@@H]([C@](C)(O)CCCC(C)(C)O)O1. The first kappa shape index (κ1) is 15.7. The highest BCUT2D eigenvalue weighted by Crippen LogP contribution is 2.37. The van der Waals surface area contributed by atoms with Crippen LogP contribution in [0.1, 0.15) is 59.8 Å². The van der Waals surface area contributed by atoms with Crippen molar-refractivity contribution in [2.75, 3.05) is 0 Å². The molecule has 1 fully saturated rings. The molecule has 1 rings (SSSR count). The first-order valence-corrected chi connectivity index (χ1v) is 6.84. The third-order valence-corrected chi connectivity index (χ3v) is 3.91. The molecule has 0 amide bonds. The molecule has 3 heteroatoms. The van der Waals surface area contributed by atoms with E-state index in [0.29, 0.717) is 12.8 Å². The molecule has 0 aliphatic carbocycles. The summed E-state index contributed by atoms with van der Waals surface area (Å²) in [6.45, 7) is 11.2. The van der Waals surface area contributed by atoms with Crippen LogP contribution >= 0.6 is 0 Å². The molecule has 3 nitrogen and oxygen atoms in total. The maximum atomic E-state index is 10.5. The molecular weight excluding hydrogens is 228 g/mol. The second-order valence-electron chi connectivity index (χ2n) is 6.69. The summed E-state index contributed by atoms with van der Waals surface area (Å²) in [6.07, 6.45) is 5.58. The van der Waals surface area contributed by atoms with Gasteiger partial charge in [-0.2, -0.15) is 0 Å². The lowest BCUT2D eigenvalue weighted by molar-refractivity contribution is -0.114. The fourth-order valence-electron chi connectivity index (χ4n) is 2.49. The van der Waals surface area contributed by atoms with E-state index in [4.69, 9.17) is 4.74 Å². The number of hydrogen-bond acceptors (Lipinski definition) is 3. The monoisotopic (exact) mass is 256 g/mol. The maximum absolute atomic E-state index is 10.5. The molecule has 0 aromatic heterocycles. The van der Waals surface area contributed by atoms with E-state index in [2.05, 4.69) is 6.58 Å². The van der Waals surface area contributed by atoms with Crippen molar-refractivity contribution in [3.63, 3.8) is 0 Å². The van der Waals surface area contributed by atoms with Gasteiger partial charge in [0.1, 0.15) is 0 Å². The summed E-state index contributed by atoms with van der Waals surface area (Å²) in [7, 11) is 0. The molecule has 0 aromatic rings. The van der Waals surface area contributed by atoms with Crippen molar-refractivity contribution in [2.45, 2.75) is 82.7 Å². The van der Waals surface area contributed by atoms with Gasteiger partial charge < -0.3 is 14.9 Å². The Morgan fingerprint density at radius 3 is 2.39 bits per heavy atom. The second-order valence-corrected chi connectivity index (χ2v) is 6.69. The lowest BCUT2D eigenvalue weighted by Gasteiger charge is -2.32. The maximum Gasteiger partial charge on any atom is 0.0880 e. The number of ether oxygens (including phenoxy) is 1. The molecule has 3 atom stereocenters. The minimum atomic E-state index is -0.827. The van der Waals surface area contributed by atoms with Crippen molar-refractivity contribution in [3.8, 4) is 0 Å². The Hall–Kier alpha value is -0.380. The van der Waals surface area contributed by atoms with Gasteiger partial charge in [0.25, 0.3) is 0 Å². The van der Waals surface area contributed by atoms with Crippen LogP contribution in [-0.2, 0) is 4.74 Å². The molecule has 1 saturated heterocycles. The third kappa shape index (κ3) is 4.38. The van der Waals surface area contributed by atoms with E-state index in [1.54, 1.807) is 13.8 Å². The molecule has 106 valence electrons. The normalized spacial score (nSPS) is 32.2. The highest BCUT2D eigenvalue weighted by molar-refractivity contribution is 5.02. The summed E-state index contributed by atoms with van der Waals surface area (Å²) in [5, 5.41) is 20.2. The van der Waals surface area contributed by atoms with E-state index in [1.807, 2.05) is 19.9 Å². The number of hydrogen-bond donors (Lipinski definition) is 2. The minimum Gasteiger partial charge on any atom is -0.390 e. The molecule has 1 aliphatic rings. The molecule has 2 N–H and O–H groups in total. The van der Waals surface area contributed by atoms with Gasteiger partial charge in [-0.15, -0.1) is 6.58 Å². The van der Waals surface area contributed by atoms with Gasteiger partial charge in [-0.05, 0) is 59.8 Å². The molecule has 0 aromatic carbocycles. The Balaban J connectivity index is 2.47. The Morgan fingerprint density at radius 2 is 1.94 bits per heavy atom. The highest BCUT2D eigenvalue weighted by atomic mass is 16.5. The van der Waals surface area contributed by atoms with Gasteiger partial charge in [0, 0.05) is 0 Å². The van der Waals surface area contributed by atoms with Gasteiger partial charge in [-0.25, -0.2) is 0 Å². The van der Waals surface area contributed by atoms with Crippen LogP contribution in [0.15, 0.2) is 12.7 Å². The number of aliphatic hydroxyl groups is 2. The molecular formula is C15H28O3. The van der Waals surface area contributed by atoms with Gasteiger partial charge in [0.05, 0.1) is 22.9 Å². The Morgan fingerprint density at radius 1 is 1.33 bits per heavy atom. The van der Waals surface area contributed by atoms with E-state index in [1.165, 1.54) is 0 Å². The van der Waals surface area contributed by atoms with Crippen LogP contribution in [0.25, 0.3) is 0 Å². The van der Waals surface area contributed by atoms with Crippen molar-refractivity contribution in [1.29, 1.82) is 0 Å². The van der Waals surface area contributed by atoms with Crippen LogP contribution < -0.4 is 0 Å². The highest BCUT2D eigenvalue weighted by Gasteiger charge is 2.42. The minimum absolute atomic E-state index is 0.137. The summed E-state index contributed by atoms with van der Waals surface area (Å²) in [5.41, 5.74) is -1.79. The zero-order chi connectivity index (χ0) is 14.0. The summed E-state index contributed by atoms with van der Waals surface area (Å²) in [6, 6.07) is 0. The van der Waals surface area contributed by atoms with Crippen molar-refractivity contribution < 1.29 is 14.9 Å². The Kier molecular flexibility index (Phi) is 4.63. The van der Waals surface area contributed by atoms with E-state index in [-0.39, 0.29) is 11.7 Å². The molecule has 1 heterocycles. The summed E-state index contributed by atoms with van der Waals surface area (Å²) in [5.74, 6) is 0. The van der Waals surface area contributed by atoms with Crippen LogP contribution in [0, 0.1) is 0 Å². The van der Waals surface area contributed by atoms with Crippen molar-refractivity contribution >= 4 is 0 Å². The van der Waals surface area contributed by atoms with Crippen LogP contribution in [0.5, 0.6) is 0 Å². The Labute approximate surface area is 111 Å². The predicted molar refractivity (Wildman–Crippen MR) is 73.5 cm³/mol. The van der Waals surface area contributed by atoms with Crippen LogP contribution in [-0.4, -0.2) is 33.1 Å². The second kappa shape index (κ2) is 5.32. The zero-order valence-corrected chi connectivity index (χ0v) is 12.2. The van der Waals surface area contributed by atoms with Gasteiger partial charge in [0.15, 0.2) is 0 Å². The summed E-state index contributed by atoms with van der Waals surface area (Å²) < 4.78 is 5.91. The quantitative estimate of drug-likeness (QED) is 0.718. The number of rotatable bonds is 6. The first-order valence-electron chi connectivity index (χ1n) is 6.84. The average molecular weight is 256 g/mol. The van der Waals surface area contributed by atoms with Gasteiger partial charge in [-0.1, -0.05) is 6.08 Å². The van der Waals surface area contributed by atoms with Crippen molar-refractivity contribution in [2.24, 2.45) is 0 Å². The Bertz CT molecular complexity index is 291.